The summed E-state index contributed by atoms with van der Waals surface area (Å²) in [6.07, 6.45) is 3.62. The van der Waals surface area contributed by atoms with Crippen molar-refractivity contribution < 1.29 is 9.53 Å². The van der Waals surface area contributed by atoms with Gasteiger partial charge in [-0.25, -0.2) is 0 Å². The summed E-state index contributed by atoms with van der Waals surface area (Å²) in [6, 6.07) is 27.2. The molecule has 1 aromatic heterocycles. The number of fused-ring (bicyclic) bond motifs is 1. The molecular weight excluding hydrogens is 386 g/mol. The number of rotatable bonds is 6. The van der Waals surface area contributed by atoms with Crippen molar-refractivity contribution >= 4 is 28.6 Å². The maximum atomic E-state index is 12.7. The van der Waals surface area contributed by atoms with Crippen LogP contribution in [-0.4, -0.2) is 17.6 Å². The van der Waals surface area contributed by atoms with Crippen LogP contribution in [0.5, 0.6) is 5.75 Å². The number of nitriles is 1. The summed E-state index contributed by atoms with van der Waals surface area (Å²) in [5.41, 5.74) is 3.64. The third kappa shape index (κ3) is 4.49. The fourth-order valence-corrected chi connectivity index (χ4v) is 3.50. The molecule has 152 valence electrons. The van der Waals surface area contributed by atoms with E-state index in [1.807, 2.05) is 54.7 Å². The van der Waals surface area contributed by atoms with E-state index >= 15 is 0 Å². The quantitative estimate of drug-likeness (QED) is 0.351. The predicted molar refractivity (Wildman–Crippen MR) is 123 cm³/mol. The summed E-state index contributed by atoms with van der Waals surface area (Å²) >= 11 is 0. The van der Waals surface area contributed by atoms with Gasteiger partial charge in [-0.2, -0.15) is 5.26 Å². The highest BCUT2D eigenvalue weighted by atomic mass is 16.5. The third-order valence-electron chi connectivity index (χ3n) is 5.01. The van der Waals surface area contributed by atoms with E-state index in [0.29, 0.717) is 18.0 Å². The van der Waals surface area contributed by atoms with Gasteiger partial charge in [-0.15, -0.1) is 0 Å². The predicted octanol–water partition coefficient (Wildman–Crippen LogP) is 5.24. The van der Waals surface area contributed by atoms with Crippen molar-refractivity contribution in [3.63, 3.8) is 0 Å². The molecule has 0 spiro atoms. The van der Waals surface area contributed by atoms with Crippen molar-refractivity contribution in [3.8, 4) is 11.8 Å². The van der Waals surface area contributed by atoms with Crippen LogP contribution in [0.25, 0.3) is 17.0 Å². The van der Waals surface area contributed by atoms with E-state index in [0.717, 1.165) is 16.5 Å². The molecule has 0 saturated carbocycles. The van der Waals surface area contributed by atoms with Crippen LogP contribution in [0.15, 0.2) is 90.6 Å². The Hall–Kier alpha value is -4.30. The molecule has 1 heterocycles. The molecule has 1 amide bonds. The Kier molecular flexibility index (Phi) is 5.82. The van der Waals surface area contributed by atoms with Gasteiger partial charge in [0.25, 0.3) is 5.91 Å². The Bertz CT molecular complexity index is 1300. The lowest BCUT2D eigenvalue weighted by Gasteiger charge is -2.06. The van der Waals surface area contributed by atoms with Gasteiger partial charge in [0.2, 0.25) is 0 Å². The second-order valence-electron chi connectivity index (χ2n) is 7.07. The SMILES string of the molecule is COc1cccc(NC(=O)/C(C#N)=C/c2cn(Cc3ccccc3)c3ccccc23)c1. The lowest BCUT2D eigenvalue weighted by atomic mass is 10.1. The molecule has 5 nitrogen and oxygen atoms in total. The maximum Gasteiger partial charge on any atom is 0.266 e. The molecule has 0 atom stereocenters. The van der Waals surface area contributed by atoms with E-state index in [4.69, 9.17) is 4.74 Å². The number of para-hydroxylation sites is 1. The largest absolute Gasteiger partial charge is 0.497 e. The third-order valence-corrected chi connectivity index (χ3v) is 5.01. The topological polar surface area (TPSA) is 67.0 Å². The van der Waals surface area contributed by atoms with Crippen molar-refractivity contribution in [2.75, 3.05) is 12.4 Å². The number of ether oxygens (including phenoxy) is 1. The fraction of sp³-hybridized carbons (Fsp3) is 0.0769. The van der Waals surface area contributed by atoms with E-state index in [1.54, 1.807) is 37.5 Å². The summed E-state index contributed by atoms with van der Waals surface area (Å²) in [5, 5.41) is 13.4. The molecule has 0 bridgehead atoms. The fourth-order valence-electron chi connectivity index (χ4n) is 3.50. The first kappa shape index (κ1) is 20.0. The van der Waals surface area contributed by atoms with Crippen molar-refractivity contribution in [2.45, 2.75) is 6.54 Å². The summed E-state index contributed by atoms with van der Waals surface area (Å²) < 4.78 is 7.32. The molecule has 0 aliphatic rings. The first-order valence-electron chi connectivity index (χ1n) is 9.87. The van der Waals surface area contributed by atoms with Crippen LogP contribution < -0.4 is 10.1 Å². The number of aromatic nitrogens is 1. The molecule has 0 aliphatic heterocycles. The first-order chi connectivity index (χ1) is 15.2. The second-order valence-corrected chi connectivity index (χ2v) is 7.07. The highest BCUT2D eigenvalue weighted by Crippen LogP contribution is 2.25. The average molecular weight is 407 g/mol. The van der Waals surface area contributed by atoms with Crippen LogP contribution >= 0.6 is 0 Å². The molecule has 0 unspecified atom stereocenters. The number of carbonyl (C=O) groups excluding carboxylic acids is 1. The zero-order valence-corrected chi connectivity index (χ0v) is 17.1. The minimum absolute atomic E-state index is 0.0328. The molecular formula is C26H21N3O2. The van der Waals surface area contributed by atoms with Crippen LogP contribution in [0.1, 0.15) is 11.1 Å². The Morgan fingerprint density at radius 3 is 2.61 bits per heavy atom. The second kappa shape index (κ2) is 9.02. The molecule has 4 rings (SSSR count). The normalized spacial score (nSPS) is 11.2. The van der Waals surface area contributed by atoms with Gasteiger partial charge in [0.1, 0.15) is 17.4 Å². The van der Waals surface area contributed by atoms with Crippen LogP contribution in [0, 0.1) is 11.3 Å². The number of hydrogen-bond donors (Lipinski definition) is 1. The van der Waals surface area contributed by atoms with Gasteiger partial charge in [0.15, 0.2) is 0 Å². The van der Waals surface area contributed by atoms with Crippen LogP contribution in [-0.2, 0) is 11.3 Å². The first-order valence-corrected chi connectivity index (χ1v) is 9.87. The van der Waals surface area contributed by atoms with E-state index in [-0.39, 0.29) is 5.57 Å². The monoisotopic (exact) mass is 407 g/mol. The van der Waals surface area contributed by atoms with Crippen LogP contribution in [0.3, 0.4) is 0 Å². The van der Waals surface area contributed by atoms with Gasteiger partial charge in [-0.3, -0.25) is 4.79 Å². The number of amides is 1. The van der Waals surface area contributed by atoms with Gasteiger partial charge in [-0.05, 0) is 29.8 Å². The van der Waals surface area contributed by atoms with Gasteiger partial charge >= 0.3 is 0 Å². The number of carbonyl (C=O) groups is 1. The molecule has 0 radical (unpaired) electrons. The standard InChI is InChI=1S/C26H21N3O2/c1-31-23-11-7-10-22(15-23)28-26(30)20(16-27)14-21-18-29(17-19-8-3-2-4-9-19)25-13-6-5-12-24(21)25/h2-15,18H,17H2,1H3,(H,28,30)/b20-14+. The highest BCUT2D eigenvalue weighted by Gasteiger charge is 2.13. The Morgan fingerprint density at radius 2 is 1.84 bits per heavy atom. The number of nitrogens with zero attached hydrogens (tertiary/aromatic N) is 2. The minimum Gasteiger partial charge on any atom is -0.497 e. The summed E-state index contributed by atoms with van der Waals surface area (Å²) in [5.74, 6) is 0.167. The zero-order chi connectivity index (χ0) is 21.6. The number of anilines is 1. The Balaban J connectivity index is 1.66. The summed E-state index contributed by atoms with van der Waals surface area (Å²) in [6.45, 7) is 0.701. The molecule has 3 aromatic carbocycles. The number of nitrogens with one attached hydrogen (secondary N) is 1. The van der Waals surface area contributed by atoms with Gasteiger partial charge in [-0.1, -0.05) is 54.6 Å². The molecule has 0 aliphatic carbocycles. The lowest BCUT2D eigenvalue weighted by Crippen LogP contribution is -2.13. The molecule has 4 aromatic rings. The Morgan fingerprint density at radius 1 is 1.06 bits per heavy atom. The molecule has 0 fully saturated rings. The smallest absolute Gasteiger partial charge is 0.266 e. The molecule has 1 N–H and O–H groups in total. The molecule has 31 heavy (non-hydrogen) atoms. The number of benzene rings is 3. The van der Waals surface area contributed by atoms with Crippen molar-refractivity contribution in [1.82, 2.24) is 4.57 Å². The van der Waals surface area contributed by atoms with E-state index in [2.05, 4.69) is 22.0 Å². The number of methoxy groups -OCH3 is 1. The summed E-state index contributed by atoms with van der Waals surface area (Å²) in [7, 11) is 1.56. The van der Waals surface area contributed by atoms with Crippen molar-refractivity contribution in [1.29, 1.82) is 5.26 Å². The van der Waals surface area contributed by atoms with Crippen molar-refractivity contribution in [3.05, 3.63) is 102 Å². The van der Waals surface area contributed by atoms with Crippen molar-refractivity contribution in [2.24, 2.45) is 0 Å². The van der Waals surface area contributed by atoms with Crippen LogP contribution in [0.4, 0.5) is 5.69 Å². The van der Waals surface area contributed by atoms with Gasteiger partial charge in [0.05, 0.1) is 7.11 Å². The highest BCUT2D eigenvalue weighted by molar-refractivity contribution is 6.10. The van der Waals surface area contributed by atoms with E-state index < -0.39 is 5.91 Å². The molecule has 5 heteroatoms. The van der Waals surface area contributed by atoms with Crippen LogP contribution in [0.2, 0.25) is 0 Å². The van der Waals surface area contributed by atoms with Gasteiger partial charge in [0, 0.05) is 41.0 Å². The zero-order valence-electron chi connectivity index (χ0n) is 17.1. The summed E-state index contributed by atoms with van der Waals surface area (Å²) in [4.78, 5) is 12.7. The Labute approximate surface area is 180 Å². The maximum absolute atomic E-state index is 12.7. The van der Waals surface area contributed by atoms with Gasteiger partial charge < -0.3 is 14.6 Å². The average Bonchev–Trinajstić information content (AvgIpc) is 3.15. The van der Waals surface area contributed by atoms with E-state index in [9.17, 15) is 10.1 Å². The molecule has 0 saturated heterocycles. The number of hydrogen-bond acceptors (Lipinski definition) is 3. The minimum atomic E-state index is -0.462. The lowest BCUT2D eigenvalue weighted by molar-refractivity contribution is -0.112. The van der Waals surface area contributed by atoms with E-state index in [1.165, 1.54) is 5.56 Å².